The molecule has 1 fully saturated rings. The summed E-state index contributed by atoms with van der Waals surface area (Å²) in [6, 6.07) is 10.2. The Kier molecular flexibility index (Phi) is 4.10. The van der Waals surface area contributed by atoms with E-state index in [1.807, 2.05) is 29.2 Å². The molecule has 1 aliphatic carbocycles. The molecule has 1 atom stereocenters. The zero-order valence-corrected chi connectivity index (χ0v) is 12.2. The number of amides is 1. The molecule has 4 nitrogen and oxygen atoms in total. The summed E-state index contributed by atoms with van der Waals surface area (Å²) in [5, 5.41) is 12.3. The van der Waals surface area contributed by atoms with Crippen LogP contribution in [0.4, 0.5) is 5.69 Å². The molecule has 1 aromatic carbocycles. The van der Waals surface area contributed by atoms with Gasteiger partial charge in [-0.25, -0.2) is 0 Å². The van der Waals surface area contributed by atoms with E-state index in [-0.39, 0.29) is 12.1 Å². The van der Waals surface area contributed by atoms with Crippen LogP contribution >= 0.6 is 0 Å². The number of anilines is 1. The third-order valence-corrected chi connectivity index (χ3v) is 4.55. The third kappa shape index (κ3) is 2.73. The van der Waals surface area contributed by atoms with Gasteiger partial charge in [-0.05, 0) is 31.4 Å². The van der Waals surface area contributed by atoms with Crippen molar-refractivity contribution < 1.29 is 4.79 Å². The molecule has 0 spiro atoms. The average Bonchev–Trinajstić information content (AvgIpc) is 2.54. The number of carbonyl (C=O) groups excluding carboxylic acids is 1. The van der Waals surface area contributed by atoms with Crippen molar-refractivity contribution in [1.29, 1.82) is 5.26 Å². The monoisotopic (exact) mass is 283 g/mol. The van der Waals surface area contributed by atoms with Gasteiger partial charge in [-0.1, -0.05) is 31.4 Å². The number of nitrogens with zero attached hydrogens (tertiary/aromatic N) is 2. The first-order valence-corrected chi connectivity index (χ1v) is 7.86. The second kappa shape index (κ2) is 6.17. The van der Waals surface area contributed by atoms with E-state index < -0.39 is 0 Å². The first-order chi connectivity index (χ1) is 10.3. The Morgan fingerprint density at radius 2 is 2.00 bits per heavy atom. The number of nitrogens with one attached hydrogen (secondary N) is 1. The summed E-state index contributed by atoms with van der Waals surface area (Å²) >= 11 is 0. The van der Waals surface area contributed by atoms with Crippen LogP contribution in [0.3, 0.4) is 0 Å². The summed E-state index contributed by atoms with van der Waals surface area (Å²) in [4.78, 5) is 14.9. The molecule has 21 heavy (non-hydrogen) atoms. The Morgan fingerprint density at radius 1 is 1.24 bits per heavy atom. The lowest BCUT2D eigenvalue weighted by atomic mass is 9.91. The molecule has 1 aliphatic heterocycles. The first-order valence-electron chi connectivity index (χ1n) is 7.86. The Balaban J connectivity index is 1.89. The summed E-state index contributed by atoms with van der Waals surface area (Å²) in [5.74, 6) is 0.124. The first kappa shape index (κ1) is 13.9. The zero-order valence-electron chi connectivity index (χ0n) is 12.2. The van der Waals surface area contributed by atoms with Gasteiger partial charge >= 0.3 is 0 Å². The third-order valence-electron chi connectivity index (χ3n) is 4.55. The number of benzene rings is 1. The number of para-hydroxylation sites is 1. The summed E-state index contributed by atoms with van der Waals surface area (Å²) in [6.07, 6.45) is 6.93. The van der Waals surface area contributed by atoms with E-state index >= 15 is 0 Å². The largest absolute Gasteiger partial charge is 0.364 e. The van der Waals surface area contributed by atoms with Crippen LogP contribution in [-0.2, 0) is 0 Å². The van der Waals surface area contributed by atoms with Crippen LogP contribution in [-0.4, -0.2) is 23.0 Å². The van der Waals surface area contributed by atoms with Gasteiger partial charge in [0.05, 0.1) is 11.6 Å². The van der Waals surface area contributed by atoms with Crippen molar-refractivity contribution in [1.82, 2.24) is 4.90 Å². The Bertz CT molecular complexity index is 557. The van der Waals surface area contributed by atoms with Crippen LogP contribution in [0.1, 0.15) is 55.3 Å². The molecule has 3 rings (SSSR count). The quantitative estimate of drug-likeness (QED) is 0.923. The van der Waals surface area contributed by atoms with Gasteiger partial charge < -0.3 is 10.2 Å². The normalized spacial score (nSPS) is 22.3. The van der Waals surface area contributed by atoms with E-state index in [1.165, 1.54) is 19.3 Å². The van der Waals surface area contributed by atoms with E-state index in [2.05, 4.69) is 11.4 Å². The fraction of sp³-hybridized carbons (Fsp3) is 0.529. The number of nitriles is 1. The average molecular weight is 283 g/mol. The molecular formula is C17H21N3O. The highest BCUT2D eigenvalue weighted by molar-refractivity contribution is 6.01. The van der Waals surface area contributed by atoms with Gasteiger partial charge in [-0.15, -0.1) is 0 Å². The molecule has 1 heterocycles. The van der Waals surface area contributed by atoms with E-state index in [0.717, 1.165) is 24.1 Å². The number of hydrogen-bond acceptors (Lipinski definition) is 3. The molecule has 2 aliphatic rings. The van der Waals surface area contributed by atoms with Crippen molar-refractivity contribution in [3.8, 4) is 6.07 Å². The van der Waals surface area contributed by atoms with Crippen molar-refractivity contribution in [3.63, 3.8) is 0 Å². The Labute approximate surface area is 125 Å². The maximum Gasteiger partial charge on any atom is 0.257 e. The maximum atomic E-state index is 12.9. The number of fused-ring (bicyclic) bond motifs is 1. The van der Waals surface area contributed by atoms with Crippen molar-refractivity contribution in [2.75, 3.05) is 5.32 Å². The van der Waals surface area contributed by atoms with Crippen molar-refractivity contribution in [2.45, 2.75) is 57.2 Å². The predicted molar refractivity (Wildman–Crippen MR) is 81.7 cm³/mol. The lowest BCUT2D eigenvalue weighted by molar-refractivity contribution is 0.0516. The second-order valence-electron chi connectivity index (χ2n) is 5.91. The maximum absolute atomic E-state index is 12.9. The molecule has 0 radical (unpaired) electrons. The molecule has 1 unspecified atom stereocenters. The highest BCUT2D eigenvalue weighted by atomic mass is 16.2. The molecule has 1 saturated carbocycles. The summed E-state index contributed by atoms with van der Waals surface area (Å²) < 4.78 is 0. The molecule has 0 bridgehead atoms. The SMILES string of the molecule is N#CCCC1Nc2ccccc2C(=O)N1C1CCCCC1. The molecule has 110 valence electrons. The fourth-order valence-electron chi connectivity index (χ4n) is 3.52. The molecule has 1 N–H and O–H groups in total. The number of rotatable bonds is 3. The standard InChI is InChI=1S/C17H21N3O/c18-12-6-11-16-19-15-10-5-4-9-14(15)17(21)20(16)13-7-2-1-3-8-13/h4-5,9-10,13,16,19H,1-3,6-8,11H2. The Hall–Kier alpha value is -2.02. The predicted octanol–water partition coefficient (Wildman–Crippen LogP) is 3.52. The van der Waals surface area contributed by atoms with E-state index in [0.29, 0.717) is 18.9 Å². The Morgan fingerprint density at radius 3 is 2.76 bits per heavy atom. The van der Waals surface area contributed by atoms with Crippen molar-refractivity contribution in [3.05, 3.63) is 29.8 Å². The van der Waals surface area contributed by atoms with Crippen LogP contribution < -0.4 is 5.32 Å². The summed E-state index contributed by atoms with van der Waals surface area (Å²) in [7, 11) is 0. The van der Waals surface area contributed by atoms with Gasteiger partial charge in [0.15, 0.2) is 0 Å². The summed E-state index contributed by atoms with van der Waals surface area (Å²) in [6.45, 7) is 0. The van der Waals surface area contributed by atoms with Crippen LogP contribution in [0.5, 0.6) is 0 Å². The van der Waals surface area contributed by atoms with Gasteiger partial charge in [-0.2, -0.15) is 5.26 Å². The van der Waals surface area contributed by atoms with Gasteiger partial charge in [0.25, 0.3) is 5.91 Å². The van der Waals surface area contributed by atoms with E-state index in [1.54, 1.807) is 0 Å². The molecule has 1 amide bonds. The molecule has 4 heteroatoms. The lowest BCUT2D eigenvalue weighted by Gasteiger charge is -2.43. The second-order valence-corrected chi connectivity index (χ2v) is 5.91. The van der Waals surface area contributed by atoms with E-state index in [9.17, 15) is 4.79 Å². The smallest absolute Gasteiger partial charge is 0.257 e. The fourth-order valence-corrected chi connectivity index (χ4v) is 3.52. The molecule has 0 saturated heterocycles. The van der Waals surface area contributed by atoms with Gasteiger partial charge in [0.1, 0.15) is 6.17 Å². The summed E-state index contributed by atoms with van der Waals surface area (Å²) in [5.41, 5.74) is 1.66. The van der Waals surface area contributed by atoms with Crippen LogP contribution in [0, 0.1) is 11.3 Å². The number of hydrogen-bond donors (Lipinski definition) is 1. The van der Waals surface area contributed by atoms with Gasteiger partial charge in [0, 0.05) is 18.2 Å². The van der Waals surface area contributed by atoms with Crippen LogP contribution in [0.2, 0.25) is 0 Å². The lowest BCUT2D eigenvalue weighted by Crippen LogP contribution is -2.54. The minimum Gasteiger partial charge on any atom is -0.364 e. The highest BCUT2D eigenvalue weighted by Crippen LogP contribution is 2.32. The highest BCUT2D eigenvalue weighted by Gasteiger charge is 2.36. The van der Waals surface area contributed by atoms with Crippen molar-refractivity contribution in [2.24, 2.45) is 0 Å². The minimum atomic E-state index is -0.0462. The molecule has 1 aromatic rings. The van der Waals surface area contributed by atoms with E-state index in [4.69, 9.17) is 5.26 Å². The zero-order chi connectivity index (χ0) is 14.7. The van der Waals surface area contributed by atoms with Gasteiger partial charge in [0.2, 0.25) is 0 Å². The van der Waals surface area contributed by atoms with Crippen LogP contribution in [0.15, 0.2) is 24.3 Å². The topological polar surface area (TPSA) is 56.1 Å². The van der Waals surface area contributed by atoms with Gasteiger partial charge in [-0.3, -0.25) is 4.79 Å². The van der Waals surface area contributed by atoms with Crippen molar-refractivity contribution >= 4 is 11.6 Å². The number of carbonyl (C=O) groups is 1. The molecular weight excluding hydrogens is 262 g/mol. The molecule has 0 aromatic heterocycles. The van der Waals surface area contributed by atoms with Crippen LogP contribution in [0.25, 0.3) is 0 Å². The minimum absolute atomic E-state index is 0.0462.